The molecule has 0 aliphatic carbocycles. The van der Waals surface area contributed by atoms with Crippen LogP contribution in [0.15, 0.2) is 35.5 Å². The van der Waals surface area contributed by atoms with Crippen LogP contribution in [-0.4, -0.2) is 22.4 Å². The summed E-state index contributed by atoms with van der Waals surface area (Å²) in [5.41, 5.74) is 1.09. The van der Waals surface area contributed by atoms with Crippen molar-refractivity contribution in [2.45, 2.75) is 26.2 Å². The van der Waals surface area contributed by atoms with Gasteiger partial charge >= 0.3 is 0 Å². The fourth-order valence-corrected chi connectivity index (χ4v) is 2.85. The summed E-state index contributed by atoms with van der Waals surface area (Å²) in [5.74, 6) is 0.432. The molecule has 0 radical (unpaired) electrons. The van der Waals surface area contributed by atoms with Gasteiger partial charge in [0.1, 0.15) is 17.7 Å². The zero-order chi connectivity index (χ0) is 19.3. The molecule has 26 heavy (non-hydrogen) atoms. The SMILES string of the molecule is CCC(C)c1cc(Oc2c(Cl)cc(NC(=O)/C=N/O)cc2Cl)ccc1O. The maximum Gasteiger partial charge on any atom is 0.270 e. The molecule has 0 spiro atoms. The lowest BCUT2D eigenvalue weighted by atomic mass is 9.97. The van der Waals surface area contributed by atoms with E-state index in [1.807, 2.05) is 13.8 Å². The van der Waals surface area contributed by atoms with Crippen LogP contribution < -0.4 is 10.1 Å². The van der Waals surface area contributed by atoms with E-state index in [1.54, 1.807) is 18.2 Å². The van der Waals surface area contributed by atoms with Gasteiger partial charge in [-0.3, -0.25) is 4.79 Å². The van der Waals surface area contributed by atoms with Crippen molar-refractivity contribution in [2.75, 3.05) is 5.32 Å². The Hall–Kier alpha value is -2.44. The monoisotopic (exact) mass is 396 g/mol. The maximum atomic E-state index is 11.4. The van der Waals surface area contributed by atoms with Gasteiger partial charge in [-0.2, -0.15) is 0 Å². The molecule has 0 aliphatic rings. The molecule has 8 heteroatoms. The van der Waals surface area contributed by atoms with E-state index in [-0.39, 0.29) is 27.5 Å². The van der Waals surface area contributed by atoms with Crippen molar-refractivity contribution in [2.24, 2.45) is 5.16 Å². The second-order valence-corrected chi connectivity index (χ2v) is 6.45. The lowest BCUT2D eigenvalue weighted by molar-refractivity contribution is -0.110. The van der Waals surface area contributed by atoms with E-state index in [1.165, 1.54) is 12.1 Å². The third-order valence-electron chi connectivity index (χ3n) is 3.80. The number of phenols is 1. The molecule has 1 unspecified atom stereocenters. The standard InChI is InChI=1S/C18H18Cl2N2O4/c1-3-10(2)13-8-12(4-5-16(13)23)26-18-14(19)6-11(7-15(18)20)22-17(24)9-21-25/h4-10,23,25H,3H2,1-2H3,(H,22,24)/b21-9+. The minimum absolute atomic E-state index is 0.162. The van der Waals surface area contributed by atoms with Gasteiger partial charge in [0.25, 0.3) is 5.91 Å². The Labute approximate surface area is 161 Å². The van der Waals surface area contributed by atoms with E-state index >= 15 is 0 Å². The number of nitrogens with zero attached hydrogens (tertiary/aromatic N) is 1. The molecule has 3 N–H and O–H groups in total. The van der Waals surface area contributed by atoms with Crippen molar-refractivity contribution < 1.29 is 19.8 Å². The van der Waals surface area contributed by atoms with Crippen LogP contribution in [0.25, 0.3) is 0 Å². The normalized spacial score (nSPS) is 12.2. The fourth-order valence-electron chi connectivity index (χ4n) is 2.29. The van der Waals surface area contributed by atoms with Crippen LogP contribution in [-0.2, 0) is 4.79 Å². The molecule has 2 rings (SSSR count). The molecule has 0 aliphatic heterocycles. The molecule has 2 aromatic rings. The second kappa shape index (κ2) is 8.78. The van der Waals surface area contributed by atoms with Crippen LogP contribution in [0.1, 0.15) is 31.7 Å². The van der Waals surface area contributed by atoms with Gasteiger partial charge in [-0.05, 0) is 42.7 Å². The number of benzene rings is 2. The largest absolute Gasteiger partial charge is 0.508 e. The number of rotatable bonds is 6. The number of hydrogen-bond acceptors (Lipinski definition) is 5. The van der Waals surface area contributed by atoms with Crippen molar-refractivity contribution >= 4 is 41.0 Å². The van der Waals surface area contributed by atoms with Crippen molar-refractivity contribution in [1.82, 2.24) is 0 Å². The number of phenolic OH excluding ortho intramolecular Hbond substituents is 1. The van der Waals surface area contributed by atoms with Gasteiger partial charge in [-0.1, -0.05) is 42.2 Å². The zero-order valence-electron chi connectivity index (χ0n) is 14.2. The molecular formula is C18H18Cl2N2O4. The Morgan fingerprint density at radius 3 is 2.54 bits per heavy atom. The summed E-state index contributed by atoms with van der Waals surface area (Å²) in [4.78, 5) is 11.4. The van der Waals surface area contributed by atoms with Gasteiger partial charge in [0.15, 0.2) is 5.75 Å². The first-order valence-corrected chi connectivity index (χ1v) is 8.59. The van der Waals surface area contributed by atoms with Crippen LogP contribution in [0.5, 0.6) is 17.2 Å². The van der Waals surface area contributed by atoms with Gasteiger partial charge in [-0.25, -0.2) is 0 Å². The highest BCUT2D eigenvalue weighted by Crippen LogP contribution is 2.40. The van der Waals surface area contributed by atoms with Gasteiger partial charge in [-0.15, -0.1) is 0 Å². The molecule has 0 aromatic heterocycles. The summed E-state index contributed by atoms with van der Waals surface area (Å²) < 4.78 is 5.78. The number of hydrogen-bond donors (Lipinski definition) is 3. The molecule has 6 nitrogen and oxygen atoms in total. The molecule has 138 valence electrons. The lowest BCUT2D eigenvalue weighted by Crippen LogP contribution is -2.12. The van der Waals surface area contributed by atoms with E-state index in [4.69, 9.17) is 33.1 Å². The summed E-state index contributed by atoms with van der Waals surface area (Å²) in [6, 6.07) is 7.83. The van der Waals surface area contributed by atoms with Gasteiger partial charge in [0.2, 0.25) is 0 Å². The molecule has 0 saturated carbocycles. The summed E-state index contributed by atoms with van der Waals surface area (Å²) in [5, 5.41) is 23.8. The Bertz CT molecular complexity index is 817. The van der Waals surface area contributed by atoms with Crippen molar-refractivity contribution in [1.29, 1.82) is 0 Å². The van der Waals surface area contributed by atoms with Gasteiger partial charge < -0.3 is 20.4 Å². The summed E-state index contributed by atoms with van der Waals surface area (Å²) >= 11 is 12.4. The van der Waals surface area contributed by atoms with E-state index < -0.39 is 5.91 Å². The minimum atomic E-state index is -0.634. The topological polar surface area (TPSA) is 91.2 Å². The Morgan fingerprint density at radius 1 is 1.31 bits per heavy atom. The molecule has 0 heterocycles. The summed E-state index contributed by atoms with van der Waals surface area (Å²) in [6.07, 6.45) is 1.57. The number of halogens is 2. The Morgan fingerprint density at radius 2 is 1.96 bits per heavy atom. The number of amides is 1. The van der Waals surface area contributed by atoms with Crippen molar-refractivity contribution in [3.05, 3.63) is 45.9 Å². The first-order valence-electron chi connectivity index (χ1n) is 7.83. The Balaban J connectivity index is 2.29. The van der Waals surface area contributed by atoms with Crippen LogP contribution >= 0.6 is 23.2 Å². The highest BCUT2D eigenvalue weighted by molar-refractivity contribution is 6.38. The van der Waals surface area contributed by atoms with Crippen LogP contribution in [0.4, 0.5) is 5.69 Å². The highest BCUT2D eigenvalue weighted by atomic mass is 35.5. The molecule has 0 saturated heterocycles. The summed E-state index contributed by atoms with van der Waals surface area (Å²) in [6.45, 7) is 4.03. The zero-order valence-corrected chi connectivity index (χ0v) is 15.7. The maximum absolute atomic E-state index is 11.4. The lowest BCUT2D eigenvalue weighted by Gasteiger charge is -2.15. The number of anilines is 1. The average molecular weight is 397 g/mol. The van der Waals surface area contributed by atoms with E-state index in [9.17, 15) is 9.90 Å². The van der Waals surface area contributed by atoms with Gasteiger partial charge in [0.05, 0.1) is 10.0 Å². The fraction of sp³-hybridized carbons (Fsp3) is 0.222. The second-order valence-electron chi connectivity index (χ2n) is 5.63. The quantitative estimate of drug-likeness (QED) is 0.346. The molecule has 1 atom stereocenters. The molecular weight excluding hydrogens is 379 g/mol. The first kappa shape index (κ1) is 19.9. The smallest absolute Gasteiger partial charge is 0.270 e. The van der Waals surface area contributed by atoms with Crippen LogP contribution in [0, 0.1) is 0 Å². The van der Waals surface area contributed by atoms with E-state index in [0.29, 0.717) is 17.7 Å². The van der Waals surface area contributed by atoms with Gasteiger partial charge in [0, 0.05) is 11.3 Å². The third-order valence-corrected chi connectivity index (χ3v) is 4.36. The van der Waals surface area contributed by atoms with E-state index in [0.717, 1.165) is 12.0 Å². The molecule has 0 bridgehead atoms. The Kier molecular flexibility index (Phi) is 6.71. The number of carbonyl (C=O) groups is 1. The number of aromatic hydroxyl groups is 1. The van der Waals surface area contributed by atoms with Crippen LogP contribution in [0.2, 0.25) is 10.0 Å². The number of oxime groups is 1. The number of nitrogens with one attached hydrogen (secondary N) is 1. The summed E-state index contributed by atoms with van der Waals surface area (Å²) in [7, 11) is 0. The van der Waals surface area contributed by atoms with E-state index in [2.05, 4.69) is 10.5 Å². The number of carbonyl (C=O) groups excluding carboxylic acids is 1. The highest BCUT2D eigenvalue weighted by Gasteiger charge is 2.15. The molecule has 0 fully saturated rings. The predicted octanol–water partition coefficient (Wildman–Crippen LogP) is 5.40. The molecule has 2 aromatic carbocycles. The van der Waals surface area contributed by atoms with Crippen molar-refractivity contribution in [3.63, 3.8) is 0 Å². The predicted molar refractivity (Wildman–Crippen MR) is 102 cm³/mol. The number of ether oxygens (including phenoxy) is 1. The molecule has 1 amide bonds. The third kappa shape index (κ3) is 4.80. The van der Waals surface area contributed by atoms with Crippen molar-refractivity contribution in [3.8, 4) is 17.2 Å². The average Bonchev–Trinajstić information content (AvgIpc) is 2.59. The van der Waals surface area contributed by atoms with Crippen LogP contribution in [0.3, 0.4) is 0 Å². The minimum Gasteiger partial charge on any atom is -0.508 e. The first-order chi connectivity index (χ1) is 12.3.